The highest BCUT2D eigenvalue weighted by molar-refractivity contribution is 6.05. The second kappa shape index (κ2) is 13.0. The first kappa shape index (κ1) is 26.3. The summed E-state index contributed by atoms with van der Waals surface area (Å²) in [5, 5.41) is 3.27. The molecule has 1 unspecified atom stereocenters. The van der Waals surface area contributed by atoms with Gasteiger partial charge in [0.05, 0.1) is 18.1 Å². The number of nitrogens with zero attached hydrogens (tertiary/aromatic N) is 2. The molecule has 1 heterocycles. The van der Waals surface area contributed by atoms with Crippen LogP contribution in [0, 0.1) is 0 Å². The van der Waals surface area contributed by atoms with Crippen LogP contribution in [-0.2, 0) is 14.3 Å². The molecule has 180 valence electrons. The van der Waals surface area contributed by atoms with E-state index in [1.807, 2.05) is 43.3 Å². The predicted molar refractivity (Wildman–Crippen MR) is 135 cm³/mol. The Morgan fingerprint density at radius 3 is 2.53 bits per heavy atom. The van der Waals surface area contributed by atoms with Gasteiger partial charge >= 0.3 is 5.97 Å². The zero-order chi connectivity index (χ0) is 25.1. The van der Waals surface area contributed by atoms with E-state index >= 15 is 0 Å². The fourth-order valence-corrected chi connectivity index (χ4v) is 3.82. The molecule has 1 aliphatic heterocycles. The molecular weight excluding hydrogens is 430 g/mol. The maximum atomic E-state index is 13.2. The third kappa shape index (κ3) is 5.71. The molecule has 0 radical (unpaired) electrons. The third-order valence-corrected chi connectivity index (χ3v) is 5.14. The van der Waals surface area contributed by atoms with Gasteiger partial charge in [0.2, 0.25) is 6.41 Å². The number of hydrogen-bond acceptors (Lipinski definition) is 6. The maximum absolute atomic E-state index is 13.2. The molecule has 1 aromatic carbocycles. The molecule has 0 aliphatic carbocycles. The molecule has 1 amide bonds. The fourth-order valence-electron chi connectivity index (χ4n) is 3.82. The molecule has 34 heavy (non-hydrogen) atoms. The predicted octanol–water partition coefficient (Wildman–Crippen LogP) is 3.28. The molecular formula is C26H33N5O3. The normalized spacial score (nSPS) is 16.9. The number of hydrogen-bond donors (Lipinski definition) is 3. The van der Waals surface area contributed by atoms with Gasteiger partial charge in [-0.2, -0.15) is 0 Å². The molecule has 8 nitrogen and oxygen atoms in total. The van der Waals surface area contributed by atoms with Crippen molar-refractivity contribution in [2.75, 3.05) is 20.7 Å². The summed E-state index contributed by atoms with van der Waals surface area (Å²) in [6.07, 6.45) is 7.68. The Morgan fingerprint density at radius 1 is 1.29 bits per heavy atom. The number of amidine groups is 1. The smallest absolute Gasteiger partial charge is 0.336 e. The number of benzene rings is 1. The Morgan fingerprint density at radius 2 is 2.00 bits per heavy atom. The molecule has 8 heteroatoms. The molecule has 3 N–H and O–H groups in total. The van der Waals surface area contributed by atoms with Crippen molar-refractivity contribution in [2.24, 2.45) is 4.99 Å². The van der Waals surface area contributed by atoms with Gasteiger partial charge < -0.3 is 15.5 Å². The Kier molecular flexibility index (Phi) is 10.0. The lowest BCUT2D eigenvalue weighted by atomic mass is 9.80. The molecule has 1 atom stereocenters. The largest absolute Gasteiger partial charge is 0.463 e. The summed E-state index contributed by atoms with van der Waals surface area (Å²) in [5.74, 6) is -0.0813. The highest BCUT2D eigenvalue weighted by Gasteiger charge is 2.39. The standard InChI is InChI=1S/C26H33N5O3/c1-7-13-20(14-8-2)31(17-32)25-23(24(27-5)30-28-6)22(19-15-11-10-12-16-19)21(18(4)29-25)26(33)34-9-3/h7-8,10-17,22,28-29H,1,9H2,2-6H3,(H,27,30)/b14-8-,20-13+. The molecule has 0 saturated heterocycles. The van der Waals surface area contributed by atoms with Crippen LogP contribution in [0.15, 0.2) is 94.6 Å². The van der Waals surface area contributed by atoms with Crippen LogP contribution in [0.1, 0.15) is 32.3 Å². The Bertz CT molecular complexity index is 1050. The molecule has 1 aliphatic rings. The molecule has 0 aromatic heterocycles. The van der Waals surface area contributed by atoms with Gasteiger partial charge in [0.25, 0.3) is 0 Å². The number of hydrazine groups is 1. The van der Waals surface area contributed by atoms with Crippen LogP contribution in [0.3, 0.4) is 0 Å². The number of esters is 1. The maximum Gasteiger partial charge on any atom is 0.336 e. The lowest BCUT2D eigenvalue weighted by Crippen LogP contribution is -2.44. The average Bonchev–Trinajstić information content (AvgIpc) is 2.84. The summed E-state index contributed by atoms with van der Waals surface area (Å²) in [6.45, 7) is 9.43. The van der Waals surface area contributed by atoms with Crippen LogP contribution in [-0.4, -0.2) is 43.8 Å². The minimum atomic E-state index is -0.561. The molecule has 2 rings (SSSR count). The van der Waals surface area contributed by atoms with Crippen molar-refractivity contribution in [3.63, 3.8) is 0 Å². The highest BCUT2D eigenvalue weighted by Crippen LogP contribution is 2.40. The first-order chi connectivity index (χ1) is 16.5. The van der Waals surface area contributed by atoms with Gasteiger partial charge in [-0.1, -0.05) is 49.1 Å². The number of carbonyl (C=O) groups excluding carboxylic acids is 2. The topological polar surface area (TPSA) is 95.1 Å². The second-order valence-electron chi connectivity index (χ2n) is 7.24. The van der Waals surface area contributed by atoms with Gasteiger partial charge in [0.15, 0.2) is 0 Å². The van der Waals surface area contributed by atoms with E-state index in [4.69, 9.17) is 4.74 Å². The number of carbonyl (C=O) groups is 2. The number of dihydropyridines is 1. The summed E-state index contributed by atoms with van der Waals surface area (Å²) >= 11 is 0. The average molecular weight is 464 g/mol. The minimum Gasteiger partial charge on any atom is -0.463 e. The van der Waals surface area contributed by atoms with Crippen LogP contribution >= 0.6 is 0 Å². The summed E-state index contributed by atoms with van der Waals surface area (Å²) in [5.41, 5.74) is 9.01. The van der Waals surface area contributed by atoms with Crippen molar-refractivity contribution in [3.05, 3.63) is 95.1 Å². The first-order valence-electron chi connectivity index (χ1n) is 11.0. The summed E-state index contributed by atoms with van der Waals surface area (Å²) in [6, 6.07) is 9.59. The highest BCUT2D eigenvalue weighted by atomic mass is 16.5. The van der Waals surface area contributed by atoms with Crippen LogP contribution in [0.2, 0.25) is 0 Å². The zero-order valence-electron chi connectivity index (χ0n) is 20.4. The molecule has 1 aromatic rings. The molecule has 0 saturated carbocycles. The van der Waals surface area contributed by atoms with E-state index in [1.165, 1.54) is 4.90 Å². The molecule has 0 bridgehead atoms. The minimum absolute atomic E-state index is 0.237. The van der Waals surface area contributed by atoms with Crippen LogP contribution in [0.4, 0.5) is 0 Å². The Labute approximate surface area is 201 Å². The second-order valence-corrected chi connectivity index (χ2v) is 7.24. The van der Waals surface area contributed by atoms with E-state index < -0.39 is 11.9 Å². The van der Waals surface area contributed by atoms with Gasteiger partial charge in [-0.05, 0) is 38.5 Å². The van der Waals surface area contributed by atoms with Crippen molar-refractivity contribution < 1.29 is 14.3 Å². The number of rotatable bonds is 10. The van der Waals surface area contributed by atoms with Crippen molar-refractivity contribution in [3.8, 4) is 0 Å². The summed E-state index contributed by atoms with van der Waals surface area (Å²) in [7, 11) is 3.35. The van der Waals surface area contributed by atoms with E-state index in [0.717, 1.165) is 12.0 Å². The first-order valence-corrected chi connectivity index (χ1v) is 11.0. The number of amides is 1. The van der Waals surface area contributed by atoms with Crippen molar-refractivity contribution in [1.82, 2.24) is 21.1 Å². The molecule has 0 fully saturated rings. The van der Waals surface area contributed by atoms with E-state index in [0.29, 0.717) is 34.2 Å². The van der Waals surface area contributed by atoms with Crippen LogP contribution < -0.4 is 16.2 Å². The SMILES string of the molecule is C=C/C=C(\C=C/C)N(C=O)C1=C(C(=NC)NNC)C(c2ccccc2)C(C(=O)OCC)=C(C)N1. The van der Waals surface area contributed by atoms with Gasteiger partial charge in [-0.3, -0.25) is 14.7 Å². The van der Waals surface area contributed by atoms with Gasteiger partial charge in [0, 0.05) is 31.1 Å². The van der Waals surface area contributed by atoms with Crippen LogP contribution in [0.5, 0.6) is 0 Å². The zero-order valence-corrected chi connectivity index (χ0v) is 20.4. The monoisotopic (exact) mass is 463 g/mol. The number of ether oxygens (including phenoxy) is 1. The van der Waals surface area contributed by atoms with E-state index in [2.05, 4.69) is 27.7 Å². The third-order valence-electron chi connectivity index (χ3n) is 5.14. The van der Waals surface area contributed by atoms with Gasteiger partial charge in [-0.15, -0.1) is 0 Å². The van der Waals surface area contributed by atoms with Crippen molar-refractivity contribution >= 4 is 18.2 Å². The Hall–Kier alpha value is -3.91. The number of aliphatic imine (C=N–C) groups is 1. The lowest BCUT2D eigenvalue weighted by Gasteiger charge is -2.36. The van der Waals surface area contributed by atoms with Crippen molar-refractivity contribution in [1.29, 1.82) is 0 Å². The fraction of sp³-hybridized carbons (Fsp3) is 0.269. The summed E-state index contributed by atoms with van der Waals surface area (Å²) < 4.78 is 5.42. The van der Waals surface area contributed by atoms with Gasteiger partial charge in [-0.25, -0.2) is 10.2 Å². The van der Waals surface area contributed by atoms with Gasteiger partial charge in [0.1, 0.15) is 11.7 Å². The van der Waals surface area contributed by atoms with E-state index in [-0.39, 0.29) is 6.61 Å². The van der Waals surface area contributed by atoms with E-state index in [9.17, 15) is 9.59 Å². The number of allylic oxidation sites excluding steroid dienone is 5. The van der Waals surface area contributed by atoms with Crippen molar-refractivity contribution in [2.45, 2.75) is 26.7 Å². The van der Waals surface area contributed by atoms with E-state index in [1.54, 1.807) is 46.2 Å². The molecule has 0 spiro atoms. The quantitative estimate of drug-likeness (QED) is 0.123. The summed E-state index contributed by atoms with van der Waals surface area (Å²) in [4.78, 5) is 31.5. The number of nitrogens with one attached hydrogen (secondary N) is 3. The lowest BCUT2D eigenvalue weighted by molar-refractivity contribution is -0.138. The van der Waals surface area contributed by atoms with Crippen LogP contribution in [0.25, 0.3) is 0 Å². The Balaban J connectivity index is 2.95.